The van der Waals surface area contributed by atoms with Gasteiger partial charge in [0.25, 0.3) is 5.91 Å². The molecule has 1 aliphatic rings. The zero-order valence-electron chi connectivity index (χ0n) is 25.6. The topological polar surface area (TPSA) is 158 Å². The van der Waals surface area contributed by atoms with Crippen molar-refractivity contribution < 1.29 is 19.2 Å². The Kier molecular flexibility index (Phi) is 11.7. The van der Waals surface area contributed by atoms with Crippen molar-refractivity contribution in [2.45, 2.75) is 71.4 Å². The number of carbonyl (C=O) groups excluding carboxylic acids is 4. The predicted octanol–water partition coefficient (Wildman–Crippen LogP) is 2.14. The molecule has 4 amide bonds. The molecule has 2 aromatic heterocycles. The first-order valence-electron chi connectivity index (χ1n) is 15.5. The molecule has 0 fully saturated rings. The lowest BCUT2D eigenvalue weighted by atomic mass is 9.98. The molecular formula is C32H43N7O5. The van der Waals surface area contributed by atoms with Crippen molar-refractivity contribution in [3.8, 4) is 0 Å². The van der Waals surface area contributed by atoms with Crippen LogP contribution in [0.4, 0.5) is 0 Å². The summed E-state index contributed by atoms with van der Waals surface area (Å²) in [5, 5.41) is 8.73. The highest BCUT2D eigenvalue weighted by Crippen LogP contribution is 2.14. The Morgan fingerprint density at radius 3 is 2.48 bits per heavy atom. The molecule has 0 saturated carbocycles. The summed E-state index contributed by atoms with van der Waals surface area (Å²) in [6.45, 7) is 5.72. The molecule has 0 radical (unpaired) electrons. The molecule has 0 spiro atoms. The van der Waals surface area contributed by atoms with Crippen molar-refractivity contribution >= 4 is 34.7 Å². The quantitative estimate of drug-likeness (QED) is 0.349. The Balaban J connectivity index is 1.50. The fourth-order valence-corrected chi connectivity index (χ4v) is 5.35. The first kappa shape index (κ1) is 32.4. The molecule has 236 valence electrons. The molecule has 2 bridgehead atoms. The maximum absolute atomic E-state index is 13.2. The van der Waals surface area contributed by atoms with Gasteiger partial charge in [-0.25, -0.2) is 4.79 Å². The lowest BCUT2D eigenvalue weighted by Crippen LogP contribution is -2.50. The molecule has 12 heteroatoms. The van der Waals surface area contributed by atoms with E-state index < -0.39 is 6.04 Å². The minimum atomic E-state index is -0.685. The van der Waals surface area contributed by atoms with Gasteiger partial charge in [-0.2, -0.15) is 0 Å². The van der Waals surface area contributed by atoms with Crippen LogP contribution in [0.2, 0.25) is 0 Å². The fourth-order valence-electron chi connectivity index (χ4n) is 5.35. The molecule has 44 heavy (non-hydrogen) atoms. The summed E-state index contributed by atoms with van der Waals surface area (Å²) in [5.74, 6) is -0.884. The number of nitrogens with one attached hydrogen (secondary N) is 4. The summed E-state index contributed by atoms with van der Waals surface area (Å²) in [4.78, 5) is 73.4. The average molecular weight is 606 g/mol. The van der Waals surface area contributed by atoms with E-state index in [0.29, 0.717) is 87.8 Å². The first-order valence-corrected chi connectivity index (χ1v) is 15.5. The molecule has 3 aromatic rings. The minimum absolute atomic E-state index is 0.0281. The number of carbonyl (C=O) groups is 4. The van der Waals surface area contributed by atoms with Crippen molar-refractivity contribution in [3.05, 3.63) is 64.3 Å². The number of H-pyrrole nitrogens is 1. The Hall–Kier alpha value is -4.48. The summed E-state index contributed by atoms with van der Waals surface area (Å²) < 4.78 is 1.56. The fraction of sp³-hybridized carbons (Fsp3) is 0.500. The SMILES string of the molecule is CC[C@H](C)[C@@H]1NC(=O)CCCN(C(=O)CCc2ccncc2)CCCNC(=O)c2ccc3[nH]c(=O)n(c3c2)CCCNC1=O. The summed E-state index contributed by atoms with van der Waals surface area (Å²) in [6.07, 6.45) is 6.64. The molecule has 4 rings (SSSR count). The van der Waals surface area contributed by atoms with E-state index in [1.165, 1.54) is 0 Å². The van der Waals surface area contributed by atoms with Gasteiger partial charge in [0.1, 0.15) is 6.04 Å². The van der Waals surface area contributed by atoms with Gasteiger partial charge in [0.15, 0.2) is 0 Å². The molecule has 0 saturated heterocycles. The average Bonchev–Trinajstić information content (AvgIpc) is 3.35. The zero-order valence-corrected chi connectivity index (χ0v) is 25.6. The van der Waals surface area contributed by atoms with Crippen LogP contribution in [0.15, 0.2) is 47.5 Å². The van der Waals surface area contributed by atoms with Gasteiger partial charge in [-0.15, -0.1) is 0 Å². The van der Waals surface area contributed by atoms with Crippen LogP contribution in [0.5, 0.6) is 0 Å². The number of hydrogen-bond donors (Lipinski definition) is 4. The van der Waals surface area contributed by atoms with Gasteiger partial charge in [-0.1, -0.05) is 20.3 Å². The Morgan fingerprint density at radius 1 is 0.977 bits per heavy atom. The lowest BCUT2D eigenvalue weighted by molar-refractivity contribution is -0.132. The van der Waals surface area contributed by atoms with E-state index in [-0.39, 0.29) is 41.7 Å². The molecule has 4 N–H and O–H groups in total. The van der Waals surface area contributed by atoms with E-state index in [0.717, 1.165) is 5.56 Å². The number of aromatic amines is 1. The smallest absolute Gasteiger partial charge is 0.326 e. The molecule has 0 unspecified atom stereocenters. The van der Waals surface area contributed by atoms with Gasteiger partial charge >= 0.3 is 5.69 Å². The van der Waals surface area contributed by atoms with E-state index in [4.69, 9.17) is 0 Å². The number of fused-ring (bicyclic) bond motifs is 1. The van der Waals surface area contributed by atoms with Crippen molar-refractivity contribution in [3.63, 3.8) is 0 Å². The van der Waals surface area contributed by atoms with Gasteiger partial charge in [0.05, 0.1) is 11.0 Å². The third-order valence-corrected chi connectivity index (χ3v) is 8.16. The van der Waals surface area contributed by atoms with E-state index in [1.54, 1.807) is 40.1 Å². The third kappa shape index (κ3) is 8.77. The number of benzene rings is 1. The molecule has 1 aliphatic heterocycles. The summed E-state index contributed by atoms with van der Waals surface area (Å²) in [7, 11) is 0. The molecular weight excluding hydrogens is 562 g/mol. The predicted molar refractivity (Wildman–Crippen MR) is 167 cm³/mol. The number of rotatable bonds is 5. The highest BCUT2D eigenvalue weighted by Gasteiger charge is 2.26. The Bertz CT molecular complexity index is 1500. The van der Waals surface area contributed by atoms with Crippen molar-refractivity contribution in [2.75, 3.05) is 26.2 Å². The minimum Gasteiger partial charge on any atom is -0.354 e. The number of amides is 4. The number of hydrogen-bond acceptors (Lipinski definition) is 6. The number of imidazole rings is 1. The van der Waals surface area contributed by atoms with Crippen LogP contribution in [-0.4, -0.2) is 75.3 Å². The van der Waals surface area contributed by atoms with Crippen LogP contribution in [0, 0.1) is 5.92 Å². The normalized spacial score (nSPS) is 18.6. The van der Waals surface area contributed by atoms with E-state index in [2.05, 4.69) is 25.9 Å². The Morgan fingerprint density at radius 2 is 1.70 bits per heavy atom. The highest BCUT2D eigenvalue weighted by atomic mass is 16.2. The second-order valence-electron chi connectivity index (χ2n) is 11.3. The molecule has 0 aliphatic carbocycles. The van der Waals surface area contributed by atoms with Gasteiger partial charge in [0, 0.05) is 63.5 Å². The standard InChI is InChI=1S/C32H43N7O5/c1-3-22(2)29-31(43)35-15-6-20-39-26-21-24(9-10-25(26)36-32(39)44)30(42)34-14-5-19-38(18-4-7-27(40)37-29)28(41)11-8-23-12-16-33-17-13-23/h9-10,12-13,16-17,21-22,29H,3-8,11,14-15,18-20H2,1-2H3,(H,34,42)(H,35,43)(H,36,44)(H,37,40)/t22-,29-/m0/s1. The van der Waals surface area contributed by atoms with Crippen LogP contribution in [-0.2, 0) is 27.3 Å². The van der Waals surface area contributed by atoms with Crippen LogP contribution < -0.4 is 21.6 Å². The third-order valence-electron chi connectivity index (χ3n) is 8.16. The van der Waals surface area contributed by atoms with Crippen LogP contribution in [0.3, 0.4) is 0 Å². The number of pyridine rings is 1. The van der Waals surface area contributed by atoms with Gasteiger partial charge in [0.2, 0.25) is 17.7 Å². The van der Waals surface area contributed by atoms with Crippen molar-refractivity contribution in [1.82, 2.24) is 35.4 Å². The number of aromatic nitrogens is 3. The number of aryl methyl sites for hydroxylation is 2. The van der Waals surface area contributed by atoms with E-state index in [1.807, 2.05) is 26.0 Å². The van der Waals surface area contributed by atoms with Gasteiger partial charge in [-0.05, 0) is 67.5 Å². The second-order valence-corrected chi connectivity index (χ2v) is 11.3. The number of nitrogens with zero attached hydrogens (tertiary/aromatic N) is 3. The maximum Gasteiger partial charge on any atom is 0.326 e. The van der Waals surface area contributed by atoms with Crippen molar-refractivity contribution in [1.29, 1.82) is 0 Å². The molecule has 2 atom stereocenters. The molecule has 12 nitrogen and oxygen atoms in total. The molecule has 3 heterocycles. The van der Waals surface area contributed by atoms with E-state index >= 15 is 0 Å². The maximum atomic E-state index is 13.2. The monoisotopic (exact) mass is 605 g/mol. The van der Waals surface area contributed by atoms with Gasteiger partial charge in [-0.3, -0.25) is 28.7 Å². The largest absolute Gasteiger partial charge is 0.354 e. The second kappa shape index (κ2) is 15.8. The Labute approximate surface area is 257 Å². The summed E-state index contributed by atoms with van der Waals surface area (Å²) in [5.41, 5.74) is 2.38. The highest BCUT2D eigenvalue weighted by molar-refractivity contribution is 5.97. The molecule has 1 aromatic carbocycles. The summed E-state index contributed by atoms with van der Waals surface area (Å²) in [6, 6.07) is 8.14. The first-order chi connectivity index (χ1) is 21.3. The van der Waals surface area contributed by atoms with Crippen LogP contribution in [0.1, 0.15) is 68.3 Å². The lowest BCUT2D eigenvalue weighted by Gasteiger charge is -2.25. The zero-order chi connectivity index (χ0) is 31.5. The van der Waals surface area contributed by atoms with Gasteiger partial charge < -0.3 is 25.8 Å². The van der Waals surface area contributed by atoms with Crippen molar-refractivity contribution in [2.24, 2.45) is 5.92 Å². The summed E-state index contributed by atoms with van der Waals surface area (Å²) >= 11 is 0. The van der Waals surface area contributed by atoms with Crippen LogP contribution >= 0.6 is 0 Å². The van der Waals surface area contributed by atoms with E-state index in [9.17, 15) is 24.0 Å². The van der Waals surface area contributed by atoms with Crippen LogP contribution in [0.25, 0.3) is 11.0 Å².